The van der Waals surface area contributed by atoms with Crippen molar-refractivity contribution in [2.24, 2.45) is 11.8 Å². The van der Waals surface area contributed by atoms with E-state index in [1.807, 2.05) is 0 Å². The number of hydrogen-bond acceptors (Lipinski definition) is 5. The fraction of sp³-hybridized carbons (Fsp3) is 0.846. The third kappa shape index (κ3) is 2.29. The third-order valence-corrected chi connectivity index (χ3v) is 4.23. The van der Waals surface area contributed by atoms with Crippen molar-refractivity contribution >= 4 is 0 Å². The summed E-state index contributed by atoms with van der Waals surface area (Å²) < 4.78 is 5.19. The predicted molar refractivity (Wildman–Crippen MR) is 65.8 cm³/mol. The van der Waals surface area contributed by atoms with Gasteiger partial charge in [0.1, 0.15) is 0 Å². The number of nitrogens with zero attached hydrogens (tertiary/aromatic N) is 3. The second-order valence-corrected chi connectivity index (χ2v) is 5.62. The first-order valence-corrected chi connectivity index (χ1v) is 6.98. The largest absolute Gasteiger partial charge is 0.393 e. The summed E-state index contributed by atoms with van der Waals surface area (Å²) in [5.41, 5.74) is 0. The minimum Gasteiger partial charge on any atom is -0.393 e. The molecule has 0 aromatic carbocycles. The molecule has 2 aliphatic rings. The Morgan fingerprint density at radius 1 is 1.39 bits per heavy atom. The van der Waals surface area contributed by atoms with E-state index in [4.69, 9.17) is 4.52 Å². The highest BCUT2D eigenvalue weighted by molar-refractivity contribution is 4.95. The van der Waals surface area contributed by atoms with Gasteiger partial charge in [0.15, 0.2) is 5.82 Å². The monoisotopic (exact) mass is 251 g/mol. The van der Waals surface area contributed by atoms with Crippen molar-refractivity contribution in [3.63, 3.8) is 0 Å². The van der Waals surface area contributed by atoms with Crippen molar-refractivity contribution in [1.82, 2.24) is 15.0 Å². The molecule has 0 spiro atoms. The van der Waals surface area contributed by atoms with Gasteiger partial charge >= 0.3 is 0 Å². The van der Waals surface area contributed by atoms with Gasteiger partial charge in [0.2, 0.25) is 5.89 Å². The first kappa shape index (κ1) is 12.1. The van der Waals surface area contributed by atoms with Crippen LogP contribution in [0.5, 0.6) is 0 Å². The van der Waals surface area contributed by atoms with E-state index in [1.165, 1.54) is 0 Å². The van der Waals surface area contributed by atoms with E-state index in [-0.39, 0.29) is 6.10 Å². The number of rotatable bonds is 4. The third-order valence-electron chi connectivity index (χ3n) is 4.23. The number of likely N-dealkylation sites (tertiary alicyclic amines) is 1. The Hall–Kier alpha value is -0.940. The van der Waals surface area contributed by atoms with Crippen LogP contribution in [0.1, 0.15) is 37.9 Å². The molecule has 1 aromatic heterocycles. The van der Waals surface area contributed by atoms with E-state index in [9.17, 15) is 5.11 Å². The van der Waals surface area contributed by atoms with Crippen molar-refractivity contribution in [2.75, 3.05) is 13.1 Å². The summed E-state index contributed by atoms with van der Waals surface area (Å²) in [6.07, 6.45) is 3.93. The lowest BCUT2D eigenvalue weighted by Crippen LogP contribution is -2.24. The van der Waals surface area contributed by atoms with Gasteiger partial charge in [0, 0.05) is 25.4 Å². The molecule has 18 heavy (non-hydrogen) atoms. The number of aliphatic hydroxyl groups is 1. The van der Waals surface area contributed by atoms with Gasteiger partial charge < -0.3 is 9.63 Å². The van der Waals surface area contributed by atoms with Crippen LogP contribution in [0.4, 0.5) is 0 Å². The fourth-order valence-electron chi connectivity index (χ4n) is 3.33. The van der Waals surface area contributed by atoms with Crippen molar-refractivity contribution in [2.45, 2.75) is 45.3 Å². The molecule has 1 N–H and O–H groups in total. The van der Waals surface area contributed by atoms with Gasteiger partial charge in [0.25, 0.3) is 0 Å². The summed E-state index contributed by atoms with van der Waals surface area (Å²) >= 11 is 0. The Balaban J connectivity index is 1.57. The molecule has 1 aromatic rings. The molecule has 1 saturated heterocycles. The average molecular weight is 251 g/mol. The molecular formula is C13H21N3O2. The summed E-state index contributed by atoms with van der Waals surface area (Å²) in [5, 5.41) is 13.9. The zero-order valence-corrected chi connectivity index (χ0v) is 10.9. The Morgan fingerprint density at radius 2 is 2.28 bits per heavy atom. The van der Waals surface area contributed by atoms with Gasteiger partial charge in [0.05, 0.1) is 12.6 Å². The smallest absolute Gasteiger partial charge is 0.226 e. The van der Waals surface area contributed by atoms with Gasteiger partial charge in [-0.15, -0.1) is 0 Å². The summed E-state index contributed by atoms with van der Waals surface area (Å²) in [6.45, 7) is 4.91. The Labute approximate surface area is 107 Å². The average Bonchev–Trinajstić information content (AvgIpc) is 3.00. The molecule has 1 saturated carbocycles. The quantitative estimate of drug-likeness (QED) is 0.872. The van der Waals surface area contributed by atoms with E-state index < -0.39 is 0 Å². The maximum Gasteiger partial charge on any atom is 0.226 e. The molecule has 5 heteroatoms. The summed E-state index contributed by atoms with van der Waals surface area (Å²) in [7, 11) is 0. The standard InChI is InChI=1S/C13H21N3O2/c1-2-3-13-14-12(15-18-13)8-16-6-9-4-5-11(17)10(9)7-16/h9-11,17H,2-8H2,1H3. The summed E-state index contributed by atoms with van der Waals surface area (Å²) in [4.78, 5) is 6.74. The minimum absolute atomic E-state index is 0.0964. The lowest BCUT2D eigenvalue weighted by molar-refractivity contribution is 0.123. The minimum atomic E-state index is -0.0964. The van der Waals surface area contributed by atoms with Crippen LogP contribution in [0.3, 0.4) is 0 Å². The lowest BCUT2D eigenvalue weighted by atomic mass is 10.00. The fourth-order valence-corrected chi connectivity index (χ4v) is 3.33. The molecule has 1 aliphatic carbocycles. The Kier molecular flexibility index (Phi) is 3.35. The maximum absolute atomic E-state index is 9.88. The maximum atomic E-state index is 9.88. The van der Waals surface area contributed by atoms with Gasteiger partial charge in [-0.2, -0.15) is 4.98 Å². The van der Waals surface area contributed by atoms with Gasteiger partial charge in [-0.05, 0) is 25.2 Å². The van der Waals surface area contributed by atoms with Crippen LogP contribution in [-0.4, -0.2) is 39.3 Å². The second-order valence-electron chi connectivity index (χ2n) is 5.62. The highest BCUT2D eigenvalue weighted by atomic mass is 16.5. The molecule has 2 heterocycles. The Morgan fingerprint density at radius 3 is 3.06 bits per heavy atom. The normalized spacial score (nSPS) is 32.0. The van der Waals surface area contributed by atoms with Gasteiger partial charge in [-0.25, -0.2) is 0 Å². The van der Waals surface area contributed by atoms with Gasteiger partial charge in [-0.3, -0.25) is 4.90 Å². The van der Waals surface area contributed by atoms with Crippen LogP contribution in [-0.2, 0) is 13.0 Å². The van der Waals surface area contributed by atoms with Crippen molar-refractivity contribution < 1.29 is 9.63 Å². The van der Waals surface area contributed by atoms with Crippen molar-refractivity contribution in [3.05, 3.63) is 11.7 Å². The molecular weight excluding hydrogens is 230 g/mol. The highest BCUT2D eigenvalue weighted by Gasteiger charge is 2.41. The zero-order chi connectivity index (χ0) is 12.5. The first-order valence-electron chi connectivity index (χ1n) is 6.98. The van der Waals surface area contributed by atoms with E-state index in [1.54, 1.807) is 0 Å². The van der Waals surface area contributed by atoms with E-state index in [0.29, 0.717) is 11.8 Å². The van der Waals surface area contributed by atoms with Crippen LogP contribution in [0, 0.1) is 11.8 Å². The summed E-state index contributed by atoms with van der Waals surface area (Å²) in [5.74, 6) is 2.66. The predicted octanol–water partition coefficient (Wildman–Crippen LogP) is 1.22. The molecule has 5 nitrogen and oxygen atoms in total. The van der Waals surface area contributed by atoms with E-state index in [0.717, 1.165) is 57.0 Å². The molecule has 0 bridgehead atoms. The molecule has 0 amide bonds. The summed E-state index contributed by atoms with van der Waals surface area (Å²) in [6, 6.07) is 0. The molecule has 100 valence electrons. The van der Waals surface area contributed by atoms with Crippen LogP contribution in [0.25, 0.3) is 0 Å². The van der Waals surface area contributed by atoms with Gasteiger partial charge in [-0.1, -0.05) is 12.1 Å². The van der Waals surface area contributed by atoms with Crippen LogP contribution >= 0.6 is 0 Å². The zero-order valence-electron chi connectivity index (χ0n) is 10.9. The van der Waals surface area contributed by atoms with E-state index >= 15 is 0 Å². The topological polar surface area (TPSA) is 62.4 Å². The molecule has 3 rings (SSSR count). The lowest BCUT2D eigenvalue weighted by Gasteiger charge is -2.15. The van der Waals surface area contributed by atoms with Crippen molar-refractivity contribution in [3.8, 4) is 0 Å². The van der Waals surface area contributed by atoms with Crippen molar-refractivity contribution in [1.29, 1.82) is 0 Å². The first-order chi connectivity index (χ1) is 8.76. The molecule has 0 radical (unpaired) electrons. The number of hydrogen-bond donors (Lipinski definition) is 1. The number of fused-ring (bicyclic) bond motifs is 1. The molecule has 3 atom stereocenters. The number of aromatic nitrogens is 2. The number of aliphatic hydroxyl groups excluding tert-OH is 1. The molecule has 1 aliphatic heterocycles. The molecule has 3 unspecified atom stereocenters. The van der Waals surface area contributed by atoms with Crippen LogP contribution in [0.15, 0.2) is 4.52 Å². The Bertz CT molecular complexity index is 407. The second kappa shape index (κ2) is 4.97. The molecule has 2 fully saturated rings. The SMILES string of the molecule is CCCc1nc(CN2CC3CCC(O)C3C2)no1. The van der Waals surface area contributed by atoms with E-state index in [2.05, 4.69) is 22.0 Å². The number of aryl methyl sites for hydroxylation is 1. The van der Waals surface area contributed by atoms with Crippen LogP contribution in [0.2, 0.25) is 0 Å². The van der Waals surface area contributed by atoms with Crippen LogP contribution < -0.4 is 0 Å². The highest BCUT2D eigenvalue weighted by Crippen LogP contribution is 2.38.